The van der Waals surface area contributed by atoms with Crippen molar-refractivity contribution in [2.24, 2.45) is 0 Å². The lowest BCUT2D eigenvalue weighted by Crippen LogP contribution is -2.40. The number of rotatable bonds is 9. The monoisotopic (exact) mass is 453 g/mol. The van der Waals surface area contributed by atoms with Crippen molar-refractivity contribution >= 4 is 27.3 Å². The summed E-state index contributed by atoms with van der Waals surface area (Å²) in [5, 5.41) is 2.81. The van der Waals surface area contributed by atoms with Gasteiger partial charge in [0.2, 0.25) is 5.91 Å². The number of ether oxygens (including phenoxy) is 1. The van der Waals surface area contributed by atoms with Gasteiger partial charge in [0.05, 0.1) is 17.7 Å². The average molecular weight is 454 g/mol. The number of carbonyl (C=O) groups is 1. The molecule has 0 aliphatic carbocycles. The van der Waals surface area contributed by atoms with Crippen LogP contribution >= 0.6 is 0 Å². The summed E-state index contributed by atoms with van der Waals surface area (Å²) in [6.07, 6.45) is 0. The smallest absolute Gasteiger partial charge is 0.264 e. The Kier molecular flexibility index (Phi) is 7.37. The molecule has 0 saturated heterocycles. The Balaban J connectivity index is 1.77. The van der Waals surface area contributed by atoms with Crippen molar-refractivity contribution in [2.75, 3.05) is 37.0 Å². The standard InChI is InChI=1S/C24H27N3O4S/c1-26(2)20-11-9-19(10-12-20)17-25-24(28)18-27(21-7-5-4-6-8-21)32(29,30)23-15-13-22(31-3)14-16-23/h4-16H,17-18H2,1-3H3,(H,25,28). The number of benzene rings is 3. The molecule has 1 N–H and O–H groups in total. The first-order chi connectivity index (χ1) is 15.3. The van der Waals surface area contributed by atoms with Gasteiger partial charge in [-0.3, -0.25) is 9.10 Å². The number of amides is 1. The minimum Gasteiger partial charge on any atom is -0.497 e. The molecule has 1 amide bonds. The van der Waals surface area contributed by atoms with Crippen molar-refractivity contribution in [3.8, 4) is 5.75 Å². The highest BCUT2D eigenvalue weighted by Gasteiger charge is 2.27. The molecule has 7 nitrogen and oxygen atoms in total. The van der Waals surface area contributed by atoms with Crippen molar-refractivity contribution in [3.63, 3.8) is 0 Å². The van der Waals surface area contributed by atoms with Gasteiger partial charge >= 0.3 is 0 Å². The van der Waals surface area contributed by atoms with E-state index in [9.17, 15) is 13.2 Å². The Hall–Kier alpha value is -3.52. The van der Waals surface area contributed by atoms with E-state index in [2.05, 4.69) is 5.32 Å². The molecular weight excluding hydrogens is 426 g/mol. The lowest BCUT2D eigenvalue weighted by Gasteiger charge is -2.24. The molecule has 3 aromatic carbocycles. The van der Waals surface area contributed by atoms with Gasteiger partial charge in [-0.25, -0.2) is 8.42 Å². The number of para-hydroxylation sites is 1. The highest BCUT2D eigenvalue weighted by atomic mass is 32.2. The van der Waals surface area contributed by atoms with Crippen LogP contribution in [0.15, 0.2) is 83.8 Å². The molecular formula is C24H27N3O4S. The lowest BCUT2D eigenvalue weighted by molar-refractivity contribution is -0.119. The molecule has 0 aliphatic heterocycles. The van der Waals surface area contributed by atoms with Crippen LogP contribution in [0.4, 0.5) is 11.4 Å². The molecule has 0 heterocycles. The van der Waals surface area contributed by atoms with E-state index >= 15 is 0 Å². The number of nitrogens with one attached hydrogen (secondary N) is 1. The van der Waals surface area contributed by atoms with Gasteiger partial charge in [0.1, 0.15) is 12.3 Å². The maximum atomic E-state index is 13.3. The van der Waals surface area contributed by atoms with Gasteiger partial charge in [0.15, 0.2) is 0 Å². The zero-order valence-electron chi connectivity index (χ0n) is 18.4. The predicted molar refractivity (Wildman–Crippen MR) is 127 cm³/mol. The fourth-order valence-corrected chi connectivity index (χ4v) is 4.50. The largest absolute Gasteiger partial charge is 0.497 e. The number of anilines is 2. The average Bonchev–Trinajstić information content (AvgIpc) is 2.82. The van der Waals surface area contributed by atoms with Crippen molar-refractivity contribution < 1.29 is 17.9 Å². The Morgan fingerprint density at radius 1 is 0.875 bits per heavy atom. The maximum Gasteiger partial charge on any atom is 0.264 e. The van der Waals surface area contributed by atoms with Gasteiger partial charge in [-0.2, -0.15) is 0 Å². The van der Waals surface area contributed by atoms with Crippen LogP contribution in [0.2, 0.25) is 0 Å². The number of sulfonamides is 1. The molecule has 0 saturated carbocycles. The van der Waals surface area contributed by atoms with Crippen LogP contribution in [-0.4, -0.2) is 42.1 Å². The topological polar surface area (TPSA) is 79.0 Å². The van der Waals surface area contributed by atoms with Crippen LogP contribution in [0.1, 0.15) is 5.56 Å². The molecule has 32 heavy (non-hydrogen) atoms. The lowest BCUT2D eigenvalue weighted by atomic mass is 10.2. The minimum atomic E-state index is -3.96. The molecule has 3 aromatic rings. The van der Waals surface area contributed by atoms with Crippen molar-refractivity contribution in [2.45, 2.75) is 11.4 Å². The quantitative estimate of drug-likeness (QED) is 0.538. The van der Waals surface area contributed by atoms with Crippen molar-refractivity contribution in [3.05, 3.63) is 84.4 Å². The summed E-state index contributed by atoms with van der Waals surface area (Å²) >= 11 is 0. The summed E-state index contributed by atoms with van der Waals surface area (Å²) in [6, 6.07) is 22.5. The number of carbonyl (C=O) groups excluding carboxylic acids is 1. The summed E-state index contributed by atoms with van der Waals surface area (Å²) in [5.74, 6) is 0.149. The summed E-state index contributed by atoms with van der Waals surface area (Å²) in [7, 11) is 1.46. The molecule has 0 atom stereocenters. The van der Waals surface area contributed by atoms with Crippen molar-refractivity contribution in [1.29, 1.82) is 0 Å². The molecule has 168 valence electrons. The molecule has 0 aliphatic rings. The SMILES string of the molecule is COc1ccc(S(=O)(=O)N(CC(=O)NCc2ccc(N(C)C)cc2)c2ccccc2)cc1. The van der Waals surface area contributed by atoms with E-state index in [0.717, 1.165) is 15.6 Å². The van der Waals surface area contributed by atoms with E-state index in [1.807, 2.05) is 43.3 Å². The summed E-state index contributed by atoms with van der Waals surface area (Å²) in [5.41, 5.74) is 2.39. The van der Waals surface area contributed by atoms with Gasteiger partial charge in [0, 0.05) is 26.3 Å². The zero-order chi connectivity index (χ0) is 23.1. The third-order valence-electron chi connectivity index (χ3n) is 4.92. The fraction of sp³-hybridized carbons (Fsp3) is 0.208. The van der Waals surface area contributed by atoms with Crippen LogP contribution in [0.5, 0.6) is 5.75 Å². The van der Waals surface area contributed by atoms with Gasteiger partial charge in [0.25, 0.3) is 10.0 Å². The van der Waals surface area contributed by atoms with Gasteiger partial charge in [-0.15, -0.1) is 0 Å². The Morgan fingerprint density at radius 2 is 1.50 bits per heavy atom. The Bertz CT molecular complexity index is 1130. The Morgan fingerprint density at radius 3 is 2.06 bits per heavy atom. The second-order valence-corrected chi connectivity index (χ2v) is 9.22. The summed E-state index contributed by atoms with van der Waals surface area (Å²) in [6.45, 7) is -0.0358. The molecule has 0 unspecified atom stereocenters. The molecule has 3 rings (SSSR count). The number of nitrogens with zero attached hydrogens (tertiary/aromatic N) is 2. The van der Waals surface area contributed by atoms with Crippen LogP contribution in [0.3, 0.4) is 0 Å². The second kappa shape index (κ2) is 10.2. The van der Waals surface area contributed by atoms with E-state index in [1.54, 1.807) is 42.5 Å². The molecule has 0 spiro atoms. The van der Waals surface area contributed by atoms with E-state index in [1.165, 1.54) is 19.2 Å². The highest BCUT2D eigenvalue weighted by molar-refractivity contribution is 7.92. The van der Waals surface area contributed by atoms with Crippen molar-refractivity contribution in [1.82, 2.24) is 5.32 Å². The molecule has 0 radical (unpaired) electrons. The Labute approximate surface area is 189 Å². The van der Waals surface area contributed by atoms with Crippen LogP contribution < -0.4 is 19.3 Å². The van der Waals surface area contributed by atoms with Gasteiger partial charge in [-0.1, -0.05) is 30.3 Å². The van der Waals surface area contributed by atoms with E-state index in [4.69, 9.17) is 4.74 Å². The first kappa shape index (κ1) is 23.1. The molecule has 0 bridgehead atoms. The van der Waals surface area contributed by atoms with Crippen LogP contribution in [0.25, 0.3) is 0 Å². The minimum absolute atomic E-state index is 0.0780. The van der Waals surface area contributed by atoms with E-state index in [0.29, 0.717) is 18.0 Å². The van der Waals surface area contributed by atoms with Crippen LogP contribution in [-0.2, 0) is 21.4 Å². The molecule has 0 aromatic heterocycles. The predicted octanol–water partition coefficient (Wildman–Crippen LogP) is 3.27. The zero-order valence-corrected chi connectivity index (χ0v) is 19.2. The summed E-state index contributed by atoms with van der Waals surface area (Å²) < 4.78 is 32.9. The summed E-state index contributed by atoms with van der Waals surface area (Å²) in [4.78, 5) is 14.8. The van der Waals surface area contributed by atoms with Gasteiger partial charge < -0.3 is 15.0 Å². The highest BCUT2D eigenvalue weighted by Crippen LogP contribution is 2.25. The second-order valence-electron chi connectivity index (χ2n) is 7.36. The first-order valence-electron chi connectivity index (χ1n) is 10.1. The normalized spacial score (nSPS) is 11.0. The third-order valence-corrected chi connectivity index (χ3v) is 6.71. The van der Waals surface area contributed by atoms with E-state index < -0.39 is 15.9 Å². The third kappa shape index (κ3) is 5.59. The first-order valence-corrected chi connectivity index (χ1v) is 11.5. The van der Waals surface area contributed by atoms with E-state index in [-0.39, 0.29) is 11.4 Å². The number of methoxy groups -OCH3 is 1. The molecule has 8 heteroatoms. The maximum absolute atomic E-state index is 13.3. The molecule has 0 fully saturated rings. The van der Waals surface area contributed by atoms with Crippen LogP contribution in [0, 0.1) is 0 Å². The number of hydrogen-bond acceptors (Lipinski definition) is 5. The number of hydrogen-bond donors (Lipinski definition) is 1. The fourth-order valence-electron chi connectivity index (χ4n) is 3.08. The van der Waals surface area contributed by atoms with Gasteiger partial charge in [-0.05, 0) is 54.1 Å².